The van der Waals surface area contributed by atoms with Crippen molar-refractivity contribution in [3.8, 4) is 12.0 Å². The van der Waals surface area contributed by atoms with Crippen LogP contribution in [0.2, 0.25) is 0 Å². The lowest BCUT2D eigenvalue weighted by Gasteiger charge is -1.97. The molecule has 1 aromatic rings. The minimum atomic E-state index is 0.574. The third kappa shape index (κ3) is 2.14. The van der Waals surface area contributed by atoms with Crippen molar-refractivity contribution in [1.82, 2.24) is 0 Å². The third-order valence-electron chi connectivity index (χ3n) is 1.47. The largest absolute Gasteiger partial charge is 0.388 e. The number of hydrogen-bond donors (Lipinski definition) is 0. The van der Waals surface area contributed by atoms with Crippen molar-refractivity contribution in [3.05, 3.63) is 42.5 Å². The molecule has 12 heavy (non-hydrogen) atoms. The van der Waals surface area contributed by atoms with Crippen molar-refractivity contribution in [1.29, 1.82) is 5.26 Å². The van der Waals surface area contributed by atoms with Crippen molar-refractivity contribution < 1.29 is 4.74 Å². The van der Waals surface area contributed by atoms with Gasteiger partial charge in [-0.2, -0.15) is 0 Å². The summed E-state index contributed by atoms with van der Waals surface area (Å²) in [7, 11) is 0. The van der Waals surface area contributed by atoms with E-state index in [9.17, 15) is 0 Å². The summed E-state index contributed by atoms with van der Waals surface area (Å²) >= 11 is 0. The number of nitriles is 1. The van der Waals surface area contributed by atoms with Gasteiger partial charge in [-0.3, -0.25) is 0 Å². The number of ether oxygens (including phenoxy) is 1. The molecule has 0 saturated heterocycles. The minimum Gasteiger partial charge on any atom is -0.388 e. The first-order valence-corrected chi connectivity index (χ1v) is 3.62. The van der Waals surface area contributed by atoms with E-state index in [0.29, 0.717) is 5.75 Å². The normalized spacial score (nSPS) is 8.58. The van der Waals surface area contributed by atoms with Crippen LogP contribution in [-0.2, 0) is 6.42 Å². The van der Waals surface area contributed by atoms with Crippen LogP contribution in [-0.4, -0.2) is 0 Å². The monoisotopic (exact) mass is 159 g/mol. The Hall–Kier alpha value is -1.75. The molecule has 0 fully saturated rings. The summed E-state index contributed by atoms with van der Waals surface area (Å²) in [6, 6.07) is 7.35. The predicted octanol–water partition coefficient (Wildman–Crippen LogP) is 2.27. The van der Waals surface area contributed by atoms with Crippen LogP contribution in [0.15, 0.2) is 36.9 Å². The molecule has 0 spiro atoms. The van der Waals surface area contributed by atoms with Gasteiger partial charge >= 0.3 is 0 Å². The second-order valence-electron chi connectivity index (χ2n) is 2.33. The summed E-state index contributed by atoms with van der Waals surface area (Å²) in [6.07, 6.45) is 4.29. The van der Waals surface area contributed by atoms with Crippen LogP contribution in [0.4, 0.5) is 0 Å². The summed E-state index contributed by atoms with van der Waals surface area (Å²) in [5, 5.41) is 8.20. The van der Waals surface area contributed by atoms with Crippen molar-refractivity contribution in [3.63, 3.8) is 0 Å². The first-order valence-electron chi connectivity index (χ1n) is 3.62. The number of benzene rings is 1. The average Bonchev–Trinajstić information content (AvgIpc) is 2.09. The lowest BCUT2D eigenvalue weighted by atomic mass is 10.1. The molecule has 2 nitrogen and oxygen atoms in total. The SMILES string of the molecule is C=CCc1ccc(OC#N)cc1. The maximum absolute atomic E-state index is 8.20. The van der Waals surface area contributed by atoms with Gasteiger partial charge in [-0.05, 0) is 24.1 Å². The summed E-state index contributed by atoms with van der Waals surface area (Å²) in [5.74, 6) is 0.574. The Labute approximate surface area is 71.7 Å². The van der Waals surface area contributed by atoms with E-state index in [2.05, 4.69) is 11.3 Å². The van der Waals surface area contributed by atoms with Gasteiger partial charge < -0.3 is 4.74 Å². The van der Waals surface area contributed by atoms with Crippen LogP contribution >= 0.6 is 0 Å². The molecule has 1 rings (SSSR count). The van der Waals surface area contributed by atoms with E-state index in [4.69, 9.17) is 5.26 Å². The second kappa shape index (κ2) is 4.20. The van der Waals surface area contributed by atoms with Crippen LogP contribution < -0.4 is 4.74 Å². The minimum absolute atomic E-state index is 0.574. The Morgan fingerprint density at radius 1 is 1.42 bits per heavy atom. The highest BCUT2D eigenvalue weighted by atomic mass is 16.5. The standard InChI is InChI=1S/C10H9NO/c1-2-3-9-4-6-10(7-5-9)12-8-11/h2,4-7H,1,3H2. The molecule has 0 aliphatic heterocycles. The van der Waals surface area contributed by atoms with Gasteiger partial charge in [0.1, 0.15) is 5.75 Å². The number of allylic oxidation sites excluding steroid dienone is 1. The molecule has 0 bridgehead atoms. The van der Waals surface area contributed by atoms with E-state index in [1.54, 1.807) is 18.4 Å². The molecule has 0 heterocycles. The fourth-order valence-electron chi connectivity index (χ4n) is 0.913. The highest BCUT2D eigenvalue weighted by Crippen LogP contribution is 2.11. The van der Waals surface area contributed by atoms with Gasteiger partial charge in [-0.25, -0.2) is 0 Å². The van der Waals surface area contributed by atoms with Crippen LogP contribution in [0.3, 0.4) is 0 Å². The van der Waals surface area contributed by atoms with Crippen molar-refractivity contribution >= 4 is 0 Å². The maximum atomic E-state index is 8.20. The van der Waals surface area contributed by atoms with Gasteiger partial charge in [0.05, 0.1) is 0 Å². The topological polar surface area (TPSA) is 33.0 Å². The van der Waals surface area contributed by atoms with Crippen LogP contribution in [0, 0.1) is 11.5 Å². The summed E-state index contributed by atoms with van der Waals surface area (Å²) in [6.45, 7) is 3.63. The fraction of sp³-hybridized carbons (Fsp3) is 0.100. The zero-order valence-electron chi connectivity index (χ0n) is 6.66. The Morgan fingerprint density at radius 3 is 2.58 bits per heavy atom. The predicted molar refractivity (Wildman–Crippen MR) is 46.6 cm³/mol. The van der Waals surface area contributed by atoms with Gasteiger partial charge in [0.15, 0.2) is 0 Å². The maximum Gasteiger partial charge on any atom is 0.292 e. The molecule has 0 atom stereocenters. The molecule has 0 amide bonds. The van der Waals surface area contributed by atoms with E-state index >= 15 is 0 Å². The Balaban J connectivity index is 2.72. The lowest BCUT2D eigenvalue weighted by molar-refractivity contribution is 0.507. The molecular formula is C10H9NO. The molecule has 0 aliphatic rings. The van der Waals surface area contributed by atoms with Crippen molar-refractivity contribution in [2.75, 3.05) is 0 Å². The number of hydrogen-bond acceptors (Lipinski definition) is 2. The van der Waals surface area contributed by atoms with E-state index in [1.807, 2.05) is 18.2 Å². The zero-order chi connectivity index (χ0) is 8.81. The van der Waals surface area contributed by atoms with E-state index in [0.717, 1.165) is 12.0 Å². The molecule has 60 valence electrons. The van der Waals surface area contributed by atoms with Crippen molar-refractivity contribution in [2.24, 2.45) is 0 Å². The van der Waals surface area contributed by atoms with Crippen molar-refractivity contribution in [2.45, 2.75) is 6.42 Å². The number of rotatable bonds is 3. The second-order valence-corrected chi connectivity index (χ2v) is 2.33. The third-order valence-corrected chi connectivity index (χ3v) is 1.47. The molecular weight excluding hydrogens is 150 g/mol. The Bertz CT molecular complexity index is 295. The van der Waals surface area contributed by atoms with Crippen LogP contribution in [0.1, 0.15) is 5.56 Å². The molecule has 0 N–H and O–H groups in total. The van der Waals surface area contributed by atoms with Crippen LogP contribution in [0.5, 0.6) is 5.75 Å². The Morgan fingerprint density at radius 2 is 2.08 bits per heavy atom. The summed E-state index contributed by atoms with van der Waals surface area (Å²) < 4.78 is 4.62. The first-order chi connectivity index (χ1) is 5.86. The highest BCUT2D eigenvalue weighted by molar-refractivity contribution is 5.28. The van der Waals surface area contributed by atoms with Gasteiger partial charge in [0, 0.05) is 0 Å². The zero-order valence-corrected chi connectivity index (χ0v) is 6.66. The van der Waals surface area contributed by atoms with E-state index in [-0.39, 0.29) is 0 Å². The average molecular weight is 159 g/mol. The Kier molecular flexibility index (Phi) is 2.92. The first kappa shape index (κ1) is 8.35. The molecule has 1 aromatic carbocycles. The van der Waals surface area contributed by atoms with Gasteiger partial charge in [0.25, 0.3) is 6.26 Å². The quantitative estimate of drug-likeness (QED) is 0.500. The highest BCUT2D eigenvalue weighted by Gasteiger charge is 1.92. The molecule has 0 aliphatic carbocycles. The molecule has 0 saturated carbocycles. The van der Waals surface area contributed by atoms with E-state index < -0.39 is 0 Å². The smallest absolute Gasteiger partial charge is 0.292 e. The molecule has 0 aromatic heterocycles. The van der Waals surface area contributed by atoms with Gasteiger partial charge in [-0.1, -0.05) is 18.2 Å². The fourth-order valence-corrected chi connectivity index (χ4v) is 0.913. The van der Waals surface area contributed by atoms with E-state index in [1.165, 1.54) is 0 Å². The van der Waals surface area contributed by atoms with Gasteiger partial charge in [0.2, 0.25) is 0 Å². The summed E-state index contributed by atoms with van der Waals surface area (Å²) in [5.41, 5.74) is 1.16. The molecule has 0 unspecified atom stereocenters. The van der Waals surface area contributed by atoms with Crippen LogP contribution in [0.25, 0.3) is 0 Å². The number of nitrogens with zero attached hydrogens (tertiary/aromatic N) is 1. The molecule has 0 radical (unpaired) electrons. The summed E-state index contributed by atoms with van der Waals surface area (Å²) in [4.78, 5) is 0. The lowest BCUT2D eigenvalue weighted by Crippen LogP contribution is -1.83. The van der Waals surface area contributed by atoms with Gasteiger partial charge in [-0.15, -0.1) is 11.8 Å². The molecule has 2 heteroatoms.